The van der Waals surface area contributed by atoms with Crippen LogP contribution in [0, 0.1) is 11.6 Å². The van der Waals surface area contributed by atoms with Crippen molar-refractivity contribution in [3.05, 3.63) is 29.8 Å². The molecule has 0 heterocycles. The van der Waals surface area contributed by atoms with Crippen LogP contribution in [-0.4, -0.2) is 20.1 Å². The third kappa shape index (κ3) is 3.47. The highest BCUT2D eigenvalue weighted by Crippen LogP contribution is 2.16. The van der Waals surface area contributed by atoms with Gasteiger partial charge in [0.1, 0.15) is 0 Å². The number of nitrogens with zero attached hydrogens (tertiary/aromatic N) is 1. The molecule has 2 nitrogen and oxygen atoms in total. The van der Waals surface area contributed by atoms with Gasteiger partial charge in [-0.3, -0.25) is 0 Å². The van der Waals surface area contributed by atoms with E-state index in [1.165, 1.54) is 6.07 Å². The van der Waals surface area contributed by atoms with E-state index in [1.54, 1.807) is 6.07 Å². The van der Waals surface area contributed by atoms with Crippen molar-refractivity contribution in [1.82, 2.24) is 0 Å². The zero-order valence-electron chi connectivity index (χ0n) is 8.84. The molecule has 0 atom stereocenters. The summed E-state index contributed by atoms with van der Waals surface area (Å²) in [4.78, 5) is 1.89. The molecule has 0 unspecified atom stereocenters. The minimum atomic E-state index is -0.811. The molecule has 84 valence electrons. The van der Waals surface area contributed by atoms with E-state index in [1.807, 2.05) is 11.9 Å². The molecule has 15 heavy (non-hydrogen) atoms. The van der Waals surface area contributed by atoms with Crippen molar-refractivity contribution in [2.75, 3.05) is 25.0 Å². The summed E-state index contributed by atoms with van der Waals surface area (Å²) < 4.78 is 25.6. The molecule has 4 heteroatoms. The minimum absolute atomic E-state index is 0.658. The maximum Gasteiger partial charge on any atom is 0.160 e. The molecular formula is C11H16F2N2. The standard InChI is InChI=1S/C11H16F2N2/c1-15(7-3-2-6-14)9-4-5-10(12)11(13)8-9/h4-5,8H,2-3,6-7,14H2,1H3. The summed E-state index contributed by atoms with van der Waals surface area (Å²) in [6.07, 6.45) is 1.89. The molecule has 0 aliphatic carbocycles. The van der Waals surface area contributed by atoms with Crippen LogP contribution >= 0.6 is 0 Å². The number of hydrogen-bond donors (Lipinski definition) is 1. The lowest BCUT2D eigenvalue weighted by molar-refractivity contribution is 0.508. The van der Waals surface area contributed by atoms with Gasteiger partial charge in [-0.1, -0.05) is 0 Å². The monoisotopic (exact) mass is 214 g/mol. The van der Waals surface area contributed by atoms with Gasteiger partial charge in [0, 0.05) is 25.3 Å². The Morgan fingerprint density at radius 3 is 2.53 bits per heavy atom. The van der Waals surface area contributed by atoms with Gasteiger partial charge in [-0.2, -0.15) is 0 Å². The number of halogens is 2. The molecule has 1 aromatic carbocycles. The minimum Gasteiger partial charge on any atom is -0.375 e. The summed E-state index contributed by atoms with van der Waals surface area (Å²) in [5.74, 6) is -1.62. The van der Waals surface area contributed by atoms with Gasteiger partial charge in [0.25, 0.3) is 0 Å². The highest BCUT2D eigenvalue weighted by molar-refractivity contribution is 5.45. The number of rotatable bonds is 5. The molecule has 0 fully saturated rings. The molecule has 0 radical (unpaired) electrons. The molecule has 0 saturated heterocycles. The topological polar surface area (TPSA) is 29.3 Å². The number of nitrogens with two attached hydrogens (primary N) is 1. The van der Waals surface area contributed by atoms with Gasteiger partial charge in [-0.25, -0.2) is 8.78 Å². The first-order chi connectivity index (χ1) is 7.15. The van der Waals surface area contributed by atoms with Gasteiger partial charge >= 0.3 is 0 Å². The third-order valence-electron chi connectivity index (χ3n) is 2.29. The Kier molecular flexibility index (Phi) is 4.49. The van der Waals surface area contributed by atoms with Crippen molar-refractivity contribution >= 4 is 5.69 Å². The van der Waals surface area contributed by atoms with Crippen LogP contribution in [0.25, 0.3) is 0 Å². The molecule has 0 amide bonds. The molecule has 1 rings (SSSR count). The number of benzene rings is 1. The zero-order valence-corrected chi connectivity index (χ0v) is 8.84. The molecule has 0 aliphatic rings. The fourth-order valence-electron chi connectivity index (χ4n) is 1.34. The Balaban J connectivity index is 2.57. The Hall–Kier alpha value is -1.16. The van der Waals surface area contributed by atoms with Crippen LogP contribution in [-0.2, 0) is 0 Å². The molecule has 0 spiro atoms. The van der Waals surface area contributed by atoms with Crippen LogP contribution in [0.3, 0.4) is 0 Å². The van der Waals surface area contributed by atoms with E-state index >= 15 is 0 Å². The van der Waals surface area contributed by atoms with Crippen LogP contribution in [0.15, 0.2) is 18.2 Å². The Morgan fingerprint density at radius 1 is 1.20 bits per heavy atom. The second-order valence-electron chi connectivity index (χ2n) is 3.52. The first-order valence-corrected chi connectivity index (χ1v) is 5.01. The van der Waals surface area contributed by atoms with E-state index in [2.05, 4.69) is 0 Å². The van der Waals surface area contributed by atoms with Crippen molar-refractivity contribution < 1.29 is 8.78 Å². The summed E-state index contributed by atoms with van der Waals surface area (Å²) in [6, 6.07) is 3.92. The summed E-state index contributed by atoms with van der Waals surface area (Å²) in [5.41, 5.74) is 6.06. The molecule has 0 aromatic heterocycles. The average Bonchev–Trinajstić information content (AvgIpc) is 2.22. The summed E-state index contributed by atoms with van der Waals surface area (Å²) in [5, 5.41) is 0. The number of hydrogen-bond acceptors (Lipinski definition) is 2. The Labute approximate surface area is 88.7 Å². The second kappa shape index (κ2) is 5.66. The Bertz CT molecular complexity index is 315. The SMILES string of the molecule is CN(CCCCN)c1ccc(F)c(F)c1. The van der Waals surface area contributed by atoms with Crippen LogP contribution in [0.2, 0.25) is 0 Å². The van der Waals surface area contributed by atoms with Crippen molar-refractivity contribution in [2.24, 2.45) is 5.73 Å². The average molecular weight is 214 g/mol. The predicted octanol–water partition coefficient (Wildman–Crippen LogP) is 2.14. The quantitative estimate of drug-likeness (QED) is 0.761. The molecule has 0 saturated carbocycles. The van der Waals surface area contributed by atoms with E-state index in [0.29, 0.717) is 12.2 Å². The number of anilines is 1. The molecule has 0 bridgehead atoms. The van der Waals surface area contributed by atoms with E-state index in [-0.39, 0.29) is 0 Å². The maximum atomic E-state index is 12.9. The highest BCUT2D eigenvalue weighted by Gasteiger charge is 2.05. The van der Waals surface area contributed by atoms with Crippen LogP contribution in [0.4, 0.5) is 14.5 Å². The predicted molar refractivity (Wildman–Crippen MR) is 57.9 cm³/mol. The largest absolute Gasteiger partial charge is 0.375 e. The van der Waals surface area contributed by atoms with E-state index in [0.717, 1.165) is 25.5 Å². The van der Waals surface area contributed by atoms with Gasteiger partial charge in [-0.05, 0) is 31.5 Å². The lowest BCUT2D eigenvalue weighted by Crippen LogP contribution is -2.19. The van der Waals surface area contributed by atoms with Gasteiger partial charge in [0.15, 0.2) is 11.6 Å². The summed E-state index contributed by atoms with van der Waals surface area (Å²) >= 11 is 0. The van der Waals surface area contributed by atoms with Crippen molar-refractivity contribution in [1.29, 1.82) is 0 Å². The highest BCUT2D eigenvalue weighted by atomic mass is 19.2. The smallest absolute Gasteiger partial charge is 0.160 e. The maximum absolute atomic E-state index is 12.9. The molecule has 2 N–H and O–H groups in total. The van der Waals surface area contributed by atoms with Crippen LogP contribution < -0.4 is 10.6 Å². The van der Waals surface area contributed by atoms with Crippen molar-refractivity contribution in [3.8, 4) is 0 Å². The first-order valence-electron chi connectivity index (χ1n) is 5.01. The fourth-order valence-corrected chi connectivity index (χ4v) is 1.34. The van der Waals surface area contributed by atoms with Crippen molar-refractivity contribution in [2.45, 2.75) is 12.8 Å². The van der Waals surface area contributed by atoms with E-state index in [4.69, 9.17) is 5.73 Å². The van der Waals surface area contributed by atoms with E-state index < -0.39 is 11.6 Å². The molecule has 0 aliphatic heterocycles. The normalized spacial score (nSPS) is 10.4. The van der Waals surface area contributed by atoms with Gasteiger partial charge < -0.3 is 10.6 Å². The van der Waals surface area contributed by atoms with Gasteiger partial charge in [0.2, 0.25) is 0 Å². The van der Waals surface area contributed by atoms with Crippen LogP contribution in [0.1, 0.15) is 12.8 Å². The first kappa shape index (κ1) is 11.9. The molecule has 1 aromatic rings. The molecular weight excluding hydrogens is 198 g/mol. The second-order valence-corrected chi connectivity index (χ2v) is 3.52. The summed E-state index contributed by atoms with van der Waals surface area (Å²) in [6.45, 7) is 1.45. The Morgan fingerprint density at radius 2 is 1.93 bits per heavy atom. The van der Waals surface area contributed by atoms with Gasteiger partial charge in [-0.15, -0.1) is 0 Å². The zero-order chi connectivity index (χ0) is 11.3. The van der Waals surface area contributed by atoms with Crippen molar-refractivity contribution in [3.63, 3.8) is 0 Å². The fraction of sp³-hybridized carbons (Fsp3) is 0.455. The lowest BCUT2D eigenvalue weighted by Gasteiger charge is -2.19. The van der Waals surface area contributed by atoms with E-state index in [9.17, 15) is 8.78 Å². The lowest BCUT2D eigenvalue weighted by atomic mass is 10.2. The summed E-state index contributed by atoms with van der Waals surface area (Å²) in [7, 11) is 1.85. The third-order valence-corrected chi connectivity index (χ3v) is 2.29. The van der Waals surface area contributed by atoms with Gasteiger partial charge in [0.05, 0.1) is 0 Å². The van der Waals surface area contributed by atoms with Crippen LogP contribution in [0.5, 0.6) is 0 Å². The number of unbranched alkanes of at least 4 members (excludes halogenated alkanes) is 1.